The van der Waals surface area contributed by atoms with Crippen molar-refractivity contribution in [3.8, 4) is 0 Å². The van der Waals surface area contributed by atoms with Crippen molar-refractivity contribution < 1.29 is 14.7 Å². The van der Waals surface area contributed by atoms with Crippen molar-refractivity contribution in [2.24, 2.45) is 7.05 Å². The number of hydrogen-bond donors (Lipinski definition) is 2. The van der Waals surface area contributed by atoms with E-state index in [1.165, 1.54) is 11.8 Å². The van der Waals surface area contributed by atoms with Crippen LogP contribution in [0.15, 0.2) is 28.1 Å². The van der Waals surface area contributed by atoms with Gasteiger partial charge in [-0.2, -0.15) is 0 Å². The van der Waals surface area contributed by atoms with Crippen LogP contribution in [0.5, 0.6) is 0 Å². The Bertz CT molecular complexity index is 923. The summed E-state index contributed by atoms with van der Waals surface area (Å²) in [6.45, 7) is 3.83. The number of nitrogens with one attached hydrogen (secondary N) is 1. The van der Waals surface area contributed by atoms with Crippen LogP contribution in [0.1, 0.15) is 37.4 Å². The van der Waals surface area contributed by atoms with E-state index in [-0.39, 0.29) is 11.7 Å². The van der Waals surface area contributed by atoms with Crippen molar-refractivity contribution in [3.05, 3.63) is 39.8 Å². The number of hydrogen-bond acceptors (Lipinski definition) is 5. The summed E-state index contributed by atoms with van der Waals surface area (Å²) >= 11 is 29.8. The van der Waals surface area contributed by atoms with Gasteiger partial charge in [-0.1, -0.05) is 83.6 Å². The van der Waals surface area contributed by atoms with E-state index in [1.54, 1.807) is 29.8 Å². The zero-order chi connectivity index (χ0) is 22.1. The number of amides is 2. The predicted molar refractivity (Wildman–Crippen MR) is 116 cm³/mol. The van der Waals surface area contributed by atoms with E-state index in [0.29, 0.717) is 20.8 Å². The molecule has 0 aliphatic heterocycles. The number of aliphatic hydroxyl groups is 1. The lowest BCUT2D eigenvalue weighted by atomic mass is 10.1. The molecule has 1 aromatic heterocycles. The van der Waals surface area contributed by atoms with Gasteiger partial charge in [-0.05, 0) is 24.1 Å². The molecule has 0 aliphatic rings. The van der Waals surface area contributed by atoms with Gasteiger partial charge in [0, 0.05) is 22.0 Å². The van der Waals surface area contributed by atoms with E-state index in [9.17, 15) is 14.7 Å². The molecule has 1 atom stereocenters. The molecule has 1 heterocycles. The van der Waals surface area contributed by atoms with Gasteiger partial charge in [-0.15, -0.1) is 0 Å². The molecule has 2 N–H and O–H groups in total. The number of nitrogens with zero attached hydrogens (tertiary/aromatic N) is 2. The summed E-state index contributed by atoms with van der Waals surface area (Å²) in [6.07, 6.45) is -1.76. The molecule has 6 nitrogen and oxygen atoms in total. The van der Waals surface area contributed by atoms with Gasteiger partial charge >= 0.3 is 0 Å². The Morgan fingerprint density at radius 1 is 1.17 bits per heavy atom. The Morgan fingerprint density at radius 2 is 1.72 bits per heavy atom. The standard InChI is InChI=1S/C17H16Cl5N3O3S/c1-7(2)11-15(29-10-5-8(18)4-9(19)6-10)25(3)13(23-11)12(26)14(27)24-16(28)17(20,21)22/h4-7,12,26H,1-3H3,(H,24,27,28). The number of imidazole rings is 1. The maximum absolute atomic E-state index is 12.2. The summed E-state index contributed by atoms with van der Waals surface area (Å²) in [5.74, 6) is -2.23. The summed E-state index contributed by atoms with van der Waals surface area (Å²) in [4.78, 5) is 29.1. The van der Waals surface area contributed by atoms with Gasteiger partial charge in [0.05, 0.1) is 5.69 Å². The van der Waals surface area contributed by atoms with Crippen LogP contribution in [0.4, 0.5) is 0 Å². The third-order valence-electron chi connectivity index (χ3n) is 3.69. The topological polar surface area (TPSA) is 84.2 Å². The molecule has 29 heavy (non-hydrogen) atoms. The third kappa shape index (κ3) is 6.17. The van der Waals surface area contributed by atoms with Crippen molar-refractivity contribution in [1.29, 1.82) is 0 Å². The minimum absolute atomic E-state index is 0.0230. The molecule has 0 spiro atoms. The van der Waals surface area contributed by atoms with Crippen molar-refractivity contribution in [2.45, 2.75) is 39.6 Å². The second kappa shape index (κ2) is 9.64. The first-order valence-corrected chi connectivity index (χ1v) is 10.8. The molecule has 12 heteroatoms. The highest BCUT2D eigenvalue weighted by Crippen LogP contribution is 2.37. The van der Waals surface area contributed by atoms with E-state index in [4.69, 9.17) is 58.0 Å². The first kappa shape index (κ1) is 24.6. The van der Waals surface area contributed by atoms with Gasteiger partial charge in [0.1, 0.15) is 10.9 Å². The van der Waals surface area contributed by atoms with Crippen molar-refractivity contribution in [3.63, 3.8) is 0 Å². The molecule has 0 saturated carbocycles. The maximum Gasteiger partial charge on any atom is 0.278 e. The Hall–Kier alpha value is -0.670. The molecule has 1 aromatic carbocycles. The summed E-state index contributed by atoms with van der Waals surface area (Å²) in [5, 5.41) is 13.9. The fourth-order valence-corrected chi connectivity index (χ4v) is 4.34. The minimum Gasteiger partial charge on any atom is -0.376 e. The average molecular weight is 520 g/mol. The molecule has 0 radical (unpaired) electrons. The lowest BCUT2D eigenvalue weighted by molar-refractivity contribution is -0.136. The van der Waals surface area contributed by atoms with Gasteiger partial charge in [-0.25, -0.2) is 4.98 Å². The molecule has 2 amide bonds. The van der Waals surface area contributed by atoms with Crippen molar-refractivity contribution in [1.82, 2.24) is 14.9 Å². The van der Waals surface area contributed by atoms with Crippen LogP contribution >= 0.6 is 69.8 Å². The van der Waals surface area contributed by atoms with Crippen LogP contribution in [0.25, 0.3) is 0 Å². The van der Waals surface area contributed by atoms with E-state index < -0.39 is 21.7 Å². The van der Waals surface area contributed by atoms with E-state index in [2.05, 4.69) is 4.98 Å². The molecule has 1 unspecified atom stereocenters. The second-order valence-electron chi connectivity index (χ2n) is 6.30. The Kier molecular flexibility index (Phi) is 8.18. The number of aliphatic hydroxyl groups excluding tert-OH is 1. The Balaban J connectivity index is 2.38. The number of aromatic nitrogens is 2. The number of benzene rings is 1. The molecule has 0 fully saturated rings. The van der Waals surface area contributed by atoms with Gasteiger partial charge in [0.15, 0.2) is 6.10 Å². The predicted octanol–water partition coefficient (Wildman–Crippen LogP) is 5.05. The Morgan fingerprint density at radius 3 is 2.21 bits per heavy atom. The number of carbonyl (C=O) groups is 2. The number of carbonyl (C=O) groups excluding carboxylic acids is 2. The van der Waals surface area contributed by atoms with Crippen LogP contribution < -0.4 is 5.32 Å². The molecule has 2 aromatic rings. The summed E-state index contributed by atoms with van der Waals surface area (Å²) in [6, 6.07) is 5.08. The quantitative estimate of drug-likeness (QED) is 0.541. The highest BCUT2D eigenvalue weighted by atomic mass is 35.6. The fraction of sp³-hybridized carbons (Fsp3) is 0.353. The molecular formula is C17H16Cl5N3O3S. The number of halogens is 5. The Labute approximate surface area is 196 Å². The zero-order valence-corrected chi connectivity index (χ0v) is 19.9. The first-order chi connectivity index (χ1) is 13.3. The first-order valence-electron chi connectivity index (χ1n) is 8.11. The van der Waals surface area contributed by atoms with Gasteiger partial charge < -0.3 is 9.67 Å². The normalized spacial score (nSPS) is 12.9. The van der Waals surface area contributed by atoms with Crippen molar-refractivity contribution >= 4 is 81.6 Å². The lowest BCUT2D eigenvalue weighted by Gasteiger charge is -2.14. The van der Waals surface area contributed by atoms with Crippen LogP contribution in [-0.4, -0.2) is 30.3 Å². The van der Waals surface area contributed by atoms with Crippen molar-refractivity contribution in [2.75, 3.05) is 0 Å². The van der Waals surface area contributed by atoms with Crippen LogP contribution in [-0.2, 0) is 16.6 Å². The third-order valence-corrected chi connectivity index (χ3v) is 5.79. The zero-order valence-electron chi connectivity index (χ0n) is 15.3. The summed E-state index contributed by atoms with van der Waals surface area (Å²) in [5.41, 5.74) is 0.642. The average Bonchev–Trinajstić information content (AvgIpc) is 2.89. The van der Waals surface area contributed by atoms with Crippen LogP contribution in [0.2, 0.25) is 10.0 Å². The maximum atomic E-state index is 12.2. The monoisotopic (exact) mass is 517 g/mol. The molecule has 0 bridgehead atoms. The van der Waals surface area contributed by atoms with Gasteiger partial charge in [-0.3, -0.25) is 14.9 Å². The number of rotatable bonds is 5. The van der Waals surface area contributed by atoms with Crippen LogP contribution in [0, 0.1) is 0 Å². The highest BCUT2D eigenvalue weighted by molar-refractivity contribution is 7.99. The van der Waals surface area contributed by atoms with Gasteiger partial charge in [0.2, 0.25) is 0 Å². The fourth-order valence-electron chi connectivity index (χ4n) is 2.33. The summed E-state index contributed by atoms with van der Waals surface area (Å²) in [7, 11) is 1.63. The smallest absolute Gasteiger partial charge is 0.278 e. The molecular weight excluding hydrogens is 504 g/mol. The largest absolute Gasteiger partial charge is 0.376 e. The van der Waals surface area contributed by atoms with Gasteiger partial charge in [0.25, 0.3) is 15.6 Å². The molecule has 0 saturated heterocycles. The summed E-state index contributed by atoms with van der Waals surface area (Å²) < 4.78 is -0.786. The molecule has 158 valence electrons. The number of alkyl halides is 3. The highest BCUT2D eigenvalue weighted by Gasteiger charge is 2.35. The second-order valence-corrected chi connectivity index (χ2v) is 10.5. The number of imide groups is 1. The SMILES string of the molecule is CC(C)c1nc(C(O)C(=O)NC(=O)C(Cl)(Cl)Cl)n(C)c1Sc1cc(Cl)cc(Cl)c1. The van der Waals surface area contributed by atoms with E-state index in [1.807, 2.05) is 19.2 Å². The molecule has 2 rings (SSSR count). The van der Waals surface area contributed by atoms with E-state index >= 15 is 0 Å². The van der Waals surface area contributed by atoms with Crippen LogP contribution in [0.3, 0.4) is 0 Å². The van der Waals surface area contributed by atoms with E-state index in [0.717, 1.165) is 4.90 Å². The minimum atomic E-state index is -2.34. The lowest BCUT2D eigenvalue weighted by Crippen LogP contribution is -2.41. The molecule has 0 aliphatic carbocycles.